The molecule has 2 heterocycles. The first-order valence-corrected chi connectivity index (χ1v) is 9.02. The van der Waals surface area contributed by atoms with Crippen molar-refractivity contribution < 1.29 is 13.2 Å². The monoisotopic (exact) mass is 311 g/mol. The van der Waals surface area contributed by atoms with Gasteiger partial charge in [0.1, 0.15) is 10.6 Å². The molecule has 0 bridgehead atoms. The number of hydrogen-bond donors (Lipinski definition) is 1. The van der Waals surface area contributed by atoms with Crippen LogP contribution in [0.4, 0.5) is 0 Å². The number of rotatable bonds is 4. The predicted molar refractivity (Wildman–Crippen MR) is 78.4 cm³/mol. The molecular weight excluding hydrogens is 290 g/mol. The lowest BCUT2D eigenvalue weighted by atomic mass is 10.1. The van der Waals surface area contributed by atoms with Crippen molar-refractivity contribution >= 4 is 15.9 Å². The van der Waals surface area contributed by atoms with E-state index in [0.717, 1.165) is 38.6 Å². The summed E-state index contributed by atoms with van der Waals surface area (Å²) in [6.07, 6.45) is 6.44. The Kier molecular flexibility index (Phi) is 3.57. The molecule has 1 amide bonds. The van der Waals surface area contributed by atoms with Crippen molar-refractivity contribution in [1.29, 1.82) is 0 Å². The van der Waals surface area contributed by atoms with Gasteiger partial charge in [0, 0.05) is 24.8 Å². The third-order valence-electron chi connectivity index (χ3n) is 4.42. The molecule has 6 nitrogen and oxygen atoms in total. The van der Waals surface area contributed by atoms with Crippen molar-refractivity contribution in [1.82, 2.24) is 9.47 Å². The van der Waals surface area contributed by atoms with Gasteiger partial charge in [-0.2, -0.15) is 0 Å². The van der Waals surface area contributed by atoms with Crippen LogP contribution in [0.25, 0.3) is 0 Å². The zero-order valence-corrected chi connectivity index (χ0v) is 13.0. The van der Waals surface area contributed by atoms with Gasteiger partial charge in [-0.25, -0.2) is 13.6 Å². The molecule has 3 rings (SSSR count). The number of amides is 1. The number of nitrogens with two attached hydrogens (primary N) is 1. The Morgan fingerprint density at radius 2 is 2.10 bits per heavy atom. The minimum absolute atomic E-state index is 0.0324. The van der Waals surface area contributed by atoms with Gasteiger partial charge in [-0.15, -0.1) is 0 Å². The summed E-state index contributed by atoms with van der Waals surface area (Å²) in [4.78, 5) is 14.7. The molecule has 1 saturated carbocycles. The Morgan fingerprint density at radius 1 is 1.38 bits per heavy atom. The summed E-state index contributed by atoms with van der Waals surface area (Å²) in [6.45, 7) is 2.82. The van der Waals surface area contributed by atoms with Crippen molar-refractivity contribution in [3.05, 3.63) is 18.0 Å². The average molecular weight is 311 g/mol. The van der Waals surface area contributed by atoms with E-state index in [-0.39, 0.29) is 22.9 Å². The number of aromatic nitrogens is 1. The predicted octanol–water partition coefficient (Wildman–Crippen LogP) is 1.49. The first-order chi connectivity index (χ1) is 9.91. The Hall–Kier alpha value is -1.34. The molecule has 2 aliphatic rings. The smallest absolute Gasteiger partial charge is 0.270 e. The molecule has 1 aromatic heterocycles. The van der Waals surface area contributed by atoms with E-state index < -0.39 is 10.0 Å². The molecule has 0 aromatic carbocycles. The maximum absolute atomic E-state index is 12.8. The highest BCUT2D eigenvalue weighted by atomic mass is 32.2. The van der Waals surface area contributed by atoms with Gasteiger partial charge in [0.15, 0.2) is 0 Å². The Labute approximate surface area is 125 Å². The van der Waals surface area contributed by atoms with Gasteiger partial charge in [0.05, 0.1) is 0 Å². The highest BCUT2D eigenvalue weighted by Crippen LogP contribution is 2.38. The zero-order chi connectivity index (χ0) is 15.2. The molecule has 1 saturated heterocycles. The summed E-state index contributed by atoms with van der Waals surface area (Å²) >= 11 is 0. The Balaban J connectivity index is 1.97. The molecule has 0 spiro atoms. The van der Waals surface area contributed by atoms with E-state index >= 15 is 0 Å². The van der Waals surface area contributed by atoms with Crippen molar-refractivity contribution in [3.8, 4) is 0 Å². The van der Waals surface area contributed by atoms with Crippen LogP contribution in [0.1, 0.15) is 55.6 Å². The van der Waals surface area contributed by atoms with Crippen LogP contribution >= 0.6 is 0 Å². The highest BCUT2D eigenvalue weighted by molar-refractivity contribution is 7.89. The van der Waals surface area contributed by atoms with Gasteiger partial charge in [0.25, 0.3) is 5.91 Å². The van der Waals surface area contributed by atoms with Gasteiger partial charge in [-0.1, -0.05) is 6.92 Å². The van der Waals surface area contributed by atoms with Crippen molar-refractivity contribution in [2.75, 3.05) is 6.54 Å². The second kappa shape index (κ2) is 5.14. The Bertz CT molecular complexity index is 661. The minimum Gasteiger partial charge on any atom is -0.339 e. The lowest BCUT2D eigenvalue weighted by Crippen LogP contribution is -2.36. The number of carbonyl (C=O) groups is 1. The lowest BCUT2D eigenvalue weighted by molar-refractivity contribution is 0.0722. The van der Waals surface area contributed by atoms with Crippen LogP contribution < -0.4 is 5.14 Å². The molecule has 1 unspecified atom stereocenters. The largest absolute Gasteiger partial charge is 0.339 e. The van der Waals surface area contributed by atoms with Crippen LogP contribution in [-0.4, -0.2) is 36.4 Å². The number of hydrogen-bond acceptors (Lipinski definition) is 3. The van der Waals surface area contributed by atoms with Crippen molar-refractivity contribution in [3.63, 3.8) is 0 Å². The molecule has 1 atom stereocenters. The van der Waals surface area contributed by atoms with E-state index in [9.17, 15) is 13.2 Å². The molecule has 2 N–H and O–H groups in total. The molecule has 1 aromatic rings. The summed E-state index contributed by atoms with van der Waals surface area (Å²) in [6, 6.07) is 1.93. The number of nitrogens with zero attached hydrogens (tertiary/aromatic N) is 2. The fourth-order valence-corrected chi connectivity index (χ4v) is 3.65. The van der Waals surface area contributed by atoms with Crippen molar-refractivity contribution in [2.24, 2.45) is 5.14 Å². The first kappa shape index (κ1) is 14.6. The summed E-state index contributed by atoms with van der Waals surface area (Å²) in [5, 5.41) is 5.20. The van der Waals surface area contributed by atoms with Crippen LogP contribution in [0.15, 0.2) is 17.2 Å². The first-order valence-electron chi connectivity index (χ1n) is 7.47. The van der Waals surface area contributed by atoms with E-state index in [0.29, 0.717) is 5.69 Å². The van der Waals surface area contributed by atoms with E-state index in [2.05, 4.69) is 6.92 Å². The number of carbonyl (C=O) groups excluding carboxylic acids is 1. The minimum atomic E-state index is -3.78. The van der Waals surface area contributed by atoms with E-state index in [4.69, 9.17) is 5.14 Å². The quantitative estimate of drug-likeness (QED) is 0.914. The summed E-state index contributed by atoms with van der Waals surface area (Å²) in [7, 11) is -3.78. The summed E-state index contributed by atoms with van der Waals surface area (Å²) in [5.41, 5.74) is 0.460. The van der Waals surface area contributed by atoms with Crippen LogP contribution in [0.2, 0.25) is 0 Å². The van der Waals surface area contributed by atoms with Crippen LogP contribution in [0.3, 0.4) is 0 Å². The van der Waals surface area contributed by atoms with E-state index in [1.54, 1.807) is 4.57 Å². The van der Waals surface area contributed by atoms with Gasteiger partial charge in [-0.3, -0.25) is 4.79 Å². The fraction of sp³-hybridized carbons (Fsp3) is 0.643. The standard InChI is InChI=1S/C14H21N3O3S/c1-2-10-4-3-7-16(10)14(18)13-8-12(21(15,19)20)9-17(13)11-5-6-11/h8-11H,2-7H2,1H3,(H2,15,19,20). The van der Waals surface area contributed by atoms with E-state index in [1.165, 1.54) is 12.3 Å². The molecule has 0 radical (unpaired) electrons. The topological polar surface area (TPSA) is 85.4 Å². The maximum atomic E-state index is 12.8. The second-order valence-corrected chi connectivity index (χ2v) is 7.51. The molecule has 1 aliphatic heterocycles. The van der Waals surface area contributed by atoms with Gasteiger partial charge in [0.2, 0.25) is 10.0 Å². The zero-order valence-electron chi connectivity index (χ0n) is 12.2. The summed E-state index contributed by atoms with van der Waals surface area (Å²) in [5.74, 6) is -0.0684. The second-order valence-electron chi connectivity index (χ2n) is 5.95. The SMILES string of the molecule is CCC1CCCN1C(=O)c1cc(S(N)(=O)=O)cn1C1CC1. The van der Waals surface area contributed by atoms with Gasteiger partial charge >= 0.3 is 0 Å². The number of likely N-dealkylation sites (tertiary alicyclic amines) is 1. The lowest BCUT2D eigenvalue weighted by Gasteiger charge is -2.24. The highest BCUT2D eigenvalue weighted by Gasteiger charge is 2.34. The van der Waals surface area contributed by atoms with Crippen molar-refractivity contribution in [2.45, 2.75) is 56.0 Å². The Morgan fingerprint density at radius 3 is 2.67 bits per heavy atom. The molecule has 1 aliphatic carbocycles. The van der Waals surface area contributed by atoms with Gasteiger partial charge in [-0.05, 0) is 38.2 Å². The average Bonchev–Trinajstić information content (AvgIpc) is 3.01. The third-order valence-corrected chi connectivity index (χ3v) is 5.30. The molecule has 21 heavy (non-hydrogen) atoms. The molecule has 116 valence electrons. The third kappa shape index (κ3) is 2.72. The molecule has 2 fully saturated rings. The van der Waals surface area contributed by atoms with Crippen LogP contribution in [-0.2, 0) is 10.0 Å². The number of primary sulfonamides is 1. The normalized spacial score (nSPS) is 22.8. The number of sulfonamides is 1. The van der Waals surface area contributed by atoms with E-state index in [1.807, 2.05) is 4.90 Å². The fourth-order valence-electron chi connectivity index (χ4n) is 3.11. The molecule has 7 heteroatoms. The van der Waals surface area contributed by atoms with Gasteiger partial charge < -0.3 is 9.47 Å². The van der Waals surface area contributed by atoms with Crippen LogP contribution in [0.5, 0.6) is 0 Å². The summed E-state index contributed by atoms with van der Waals surface area (Å²) < 4.78 is 24.9. The maximum Gasteiger partial charge on any atom is 0.270 e. The molecular formula is C14H21N3O3S. The van der Waals surface area contributed by atoms with Crippen LogP contribution in [0, 0.1) is 0 Å².